The van der Waals surface area contributed by atoms with E-state index in [0.29, 0.717) is 17.1 Å². The van der Waals surface area contributed by atoms with Crippen LogP contribution >= 0.6 is 23.2 Å². The van der Waals surface area contributed by atoms with Gasteiger partial charge in [-0.25, -0.2) is 13.4 Å². The molecule has 0 aliphatic heterocycles. The summed E-state index contributed by atoms with van der Waals surface area (Å²) >= 11 is 11.7. The molecule has 3 aromatic rings. The van der Waals surface area contributed by atoms with E-state index in [1.807, 2.05) is 0 Å². The number of hydrogen-bond donors (Lipinski definition) is 1. The number of nitrogens with one attached hydrogen (secondary N) is 1. The first-order chi connectivity index (χ1) is 12.3. The zero-order valence-corrected chi connectivity index (χ0v) is 15.8. The highest BCUT2D eigenvalue weighted by Crippen LogP contribution is 2.24. The Kier molecular flexibility index (Phi) is 5.04. The Morgan fingerprint density at radius 3 is 2.23 bits per heavy atom. The monoisotopic (exact) mass is 409 g/mol. The molecule has 26 heavy (non-hydrogen) atoms. The van der Waals surface area contributed by atoms with Crippen molar-refractivity contribution in [3.8, 4) is 0 Å². The Hall–Kier alpha value is -2.35. The van der Waals surface area contributed by atoms with Crippen LogP contribution in [0.25, 0.3) is 0 Å². The number of carbonyl (C=O) groups is 1. The maximum absolute atomic E-state index is 12.4. The molecule has 134 valence electrons. The maximum atomic E-state index is 12.4. The van der Waals surface area contributed by atoms with Gasteiger partial charge in [0, 0.05) is 40.7 Å². The largest absolute Gasteiger partial charge is 0.331 e. The van der Waals surface area contributed by atoms with Gasteiger partial charge >= 0.3 is 0 Å². The first-order valence-corrected chi connectivity index (χ1v) is 9.61. The standard InChI is InChI=1S/C17H13Cl2N3O3S/c1-22-7-6-20-17(22)16(23)11-2-4-14(5-3-11)21-26(24,25)15-9-12(18)8-13(19)10-15/h2-10,21H,1H3. The first-order valence-electron chi connectivity index (χ1n) is 7.37. The molecule has 0 bridgehead atoms. The number of imidazole rings is 1. The average Bonchev–Trinajstić information content (AvgIpc) is 3.00. The number of aromatic nitrogens is 2. The van der Waals surface area contributed by atoms with Crippen molar-refractivity contribution in [3.05, 3.63) is 76.3 Å². The number of ketones is 1. The van der Waals surface area contributed by atoms with Crippen LogP contribution in [-0.2, 0) is 17.1 Å². The van der Waals surface area contributed by atoms with E-state index in [2.05, 4.69) is 9.71 Å². The van der Waals surface area contributed by atoms with Crippen LogP contribution in [0.5, 0.6) is 0 Å². The van der Waals surface area contributed by atoms with Crippen molar-refractivity contribution in [2.45, 2.75) is 4.90 Å². The summed E-state index contributed by atoms with van der Waals surface area (Å²) in [7, 11) is -2.14. The lowest BCUT2D eigenvalue weighted by Gasteiger charge is -2.09. The lowest BCUT2D eigenvalue weighted by Crippen LogP contribution is -2.13. The van der Waals surface area contributed by atoms with Gasteiger partial charge < -0.3 is 4.57 Å². The minimum absolute atomic E-state index is 0.0526. The van der Waals surface area contributed by atoms with Gasteiger partial charge in [-0.15, -0.1) is 0 Å². The third kappa shape index (κ3) is 3.90. The molecule has 1 heterocycles. The van der Waals surface area contributed by atoms with E-state index in [1.54, 1.807) is 17.8 Å². The molecule has 3 rings (SSSR count). The molecule has 0 atom stereocenters. The number of benzene rings is 2. The first kappa shape index (κ1) is 18.4. The molecule has 0 saturated heterocycles. The predicted molar refractivity (Wildman–Crippen MR) is 100 cm³/mol. The van der Waals surface area contributed by atoms with Gasteiger partial charge in [0.05, 0.1) is 4.90 Å². The Labute approximate surface area is 160 Å². The molecule has 0 unspecified atom stereocenters. The van der Waals surface area contributed by atoms with E-state index in [1.165, 1.54) is 48.7 Å². The number of halogens is 2. The van der Waals surface area contributed by atoms with Crippen LogP contribution in [0.15, 0.2) is 59.8 Å². The molecule has 0 saturated carbocycles. The topological polar surface area (TPSA) is 81.1 Å². The molecule has 0 spiro atoms. The number of carbonyl (C=O) groups excluding carboxylic acids is 1. The van der Waals surface area contributed by atoms with Crippen LogP contribution in [0, 0.1) is 0 Å². The van der Waals surface area contributed by atoms with Crippen molar-refractivity contribution in [1.29, 1.82) is 0 Å². The van der Waals surface area contributed by atoms with Gasteiger partial charge in [-0.3, -0.25) is 9.52 Å². The molecule has 0 fully saturated rings. The van der Waals surface area contributed by atoms with Crippen LogP contribution in [0.1, 0.15) is 16.2 Å². The number of nitrogens with zero attached hydrogens (tertiary/aromatic N) is 2. The summed E-state index contributed by atoms with van der Waals surface area (Å²) in [5.41, 5.74) is 0.700. The predicted octanol–water partition coefficient (Wildman–Crippen LogP) is 3.76. The summed E-state index contributed by atoms with van der Waals surface area (Å²) in [6.07, 6.45) is 3.21. The zero-order chi connectivity index (χ0) is 18.9. The van der Waals surface area contributed by atoms with Crippen LogP contribution in [0.3, 0.4) is 0 Å². The Bertz CT molecular complexity index is 1060. The highest BCUT2D eigenvalue weighted by Gasteiger charge is 2.17. The van der Waals surface area contributed by atoms with E-state index in [4.69, 9.17) is 23.2 Å². The third-order valence-corrected chi connectivity index (χ3v) is 5.37. The van der Waals surface area contributed by atoms with Gasteiger partial charge in [-0.1, -0.05) is 23.2 Å². The summed E-state index contributed by atoms with van der Waals surface area (Å²) in [5, 5.41) is 0.433. The molecule has 0 aliphatic rings. The number of sulfonamides is 1. The van der Waals surface area contributed by atoms with E-state index >= 15 is 0 Å². The minimum atomic E-state index is -3.86. The fraction of sp³-hybridized carbons (Fsp3) is 0.0588. The molecule has 0 radical (unpaired) electrons. The number of rotatable bonds is 5. The Balaban J connectivity index is 1.83. The number of aryl methyl sites for hydroxylation is 1. The summed E-state index contributed by atoms with van der Waals surface area (Å²) in [4.78, 5) is 16.3. The lowest BCUT2D eigenvalue weighted by atomic mass is 10.1. The second-order valence-electron chi connectivity index (χ2n) is 5.48. The zero-order valence-electron chi connectivity index (χ0n) is 13.5. The van der Waals surface area contributed by atoms with Crippen LogP contribution < -0.4 is 4.72 Å². The second-order valence-corrected chi connectivity index (χ2v) is 8.03. The normalized spacial score (nSPS) is 11.3. The quantitative estimate of drug-likeness (QED) is 0.650. The van der Waals surface area contributed by atoms with Gasteiger partial charge in [0.15, 0.2) is 5.82 Å². The molecular formula is C17H13Cl2N3O3S. The van der Waals surface area contributed by atoms with E-state index < -0.39 is 10.0 Å². The third-order valence-electron chi connectivity index (χ3n) is 3.57. The van der Waals surface area contributed by atoms with Gasteiger partial charge in [-0.2, -0.15) is 0 Å². The molecule has 9 heteroatoms. The lowest BCUT2D eigenvalue weighted by molar-refractivity contribution is 0.102. The fourth-order valence-corrected chi connectivity index (χ4v) is 4.08. The van der Waals surface area contributed by atoms with E-state index in [-0.39, 0.29) is 20.7 Å². The van der Waals surface area contributed by atoms with Crippen LogP contribution in [-0.4, -0.2) is 23.8 Å². The van der Waals surface area contributed by atoms with Gasteiger partial charge in [0.1, 0.15) is 0 Å². The Morgan fingerprint density at radius 1 is 1.08 bits per heavy atom. The van der Waals surface area contributed by atoms with Crippen molar-refractivity contribution in [2.75, 3.05) is 4.72 Å². The average molecular weight is 410 g/mol. The molecule has 1 aromatic heterocycles. The van der Waals surface area contributed by atoms with Gasteiger partial charge in [0.2, 0.25) is 5.78 Å². The summed E-state index contributed by atoms with van der Waals surface area (Å²) < 4.78 is 28.9. The summed E-state index contributed by atoms with van der Waals surface area (Å²) in [6.45, 7) is 0. The van der Waals surface area contributed by atoms with Crippen molar-refractivity contribution < 1.29 is 13.2 Å². The smallest absolute Gasteiger partial charge is 0.261 e. The fourth-order valence-electron chi connectivity index (χ4n) is 2.30. The molecule has 2 aromatic carbocycles. The van der Waals surface area contributed by atoms with Gasteiger partial charge in [-0.05, 0) is 42.5 Å². The van der Waals surface area contributed by atoms with Crippen molar-refractivity contribution in [3.63, 3.8) is 0 Å². The van der Waals surface area contributed by atoms with Crippen molar-refractivity contribution >= 4 is 44.7 Å². The van der Waals surface area contributed by atoms with Crippen LogP contribution in [0.4, 0.5) is 5.69 Å². The van der Waals surface area contributed by atoms with Crippen LogP contribution in [0.2, 0.25) is 10.0 Å². The summed E-state index contributed by atoms with van der Waals surface area (Å²) in [6, 6.07) is 10.1. The van der Waals surface area contributed by atoms with Crippen molar-refractivity contribution in [2.24, 2.45) is 7.05 Å². The van der Waals surface area contributed by atoms with Gasteiger partial charge in [0.25, 0.3) is 10.0 Å². The van der Waals surface area contributed by atoms with E-state index in [0.717, 1.165) is 0 Å². The minimum Gasteiger partial charge on any atom is -0.331 e. The second kappa shape index (κ2) is 7.11. The highest BCUT2D eigenvalue weighted by atomic mass is 35.5. The molecule has 0 aliphatic carbocycles. The Morgan fingerprint density at radius 2 is 1.69 bits per heavy atom. The van der Waals surface area contributed by atoms with Crippen molar-refractivity contribution in [1.82, 2.24) is 9.55 Å². The molecule has 6 nitrogen and oxygen atoms in total. The van der Waals surface area contributed by atoms with E-state index in [9.17, 15) is 13.2 Å². The number of anilines is 1. The number of hydrogen-bond acceptors (Lipinski definition) is 4. The highest BCUT2D eigenvalue weighted by molar-refractivity contribution is 7.92. The molecule has 1 N–H and O–H groups in total. The SMILES string of the molecule is Cn1ccnc1C(=O)c1ccc(NS(=O)(=O)c2cc(Cl)cc(Cl)c2)cc1. The molecular weight excluding hydrogens is 397 g/mol. The molecule has 0 amide bonds. The maximum Gasteiger partial charge on any atom is 0.261 e. The summed E-state index contributed by atoms with van der Waals surface area (Å²) in [5.74, 6) is 0.0421.